The van der Waals surface area contributed by atoms with Crippen LogP contribution in [0, 0.1) is 0 Å². The molecule has 0 spiro atoms. The number of nitrogens with one attached hydrogen (secondary N) is 3. The fraction of sp³-hybridized carbons (Fsp3) is 0.320. The number of ether oxygens (including phenoxy) is 2. The van der Waals surface area contributed by atoms with E-state index in [1.165, 1.54) is 12.0 Å². The maximum absolute atomic E-state index is 13.0. The van der Waals surface area contributed by atoms with Gasteiger partial charge in [-0.15, -0.1) is 0 Å². The molecule has 1 atom stereocenters. The molecule has 3 N–H and O–H groups in total. The van der Waals surface area contributed by atoms with Crippen molar-refractivity contribution in [2.24, 2.45) is 0 Å². The van der Waals surface area contributed by atoms with Crippen LogP contribution in [-0.2, 0) is 14.3 Å². The highest BCUT2D eigenvalue weighted by Crippen LogP contribution is 2.32. The van der Waals surface area contributed by atoms with Gasteiger partial charge in [0.15, 0.2) is 0 Å². The lowest BCUT2D eigenvalue weighted by Gasteiger charge is -2.35. The molecule has 35 heavy (non-hydrogen) atoms. The number of carbonyl (C=O) groups excluding carboxylic acids is 3. The number of carbonyl (C=O) groups is 3. The second-order valence-electron chi connectivity index (χ2n) is 7.87. The highest BCUT2D eigenvalue weighted by molar-refractivity contribution is 6.30. The second-order valence-corrected chi connectivity index (χ2v) is 8.31. The van der Waals surface area contributed by atoms with Crippen LogP contribution in [-0.4, -0.2) is 49.8 Å². The molecule has 9 nitrogen and oxygen atoms in total. The first-order chi connectivity index (χ1) is 16.8. The molecule has 186 valence electrons. The lowest BCUT2D eigenvalue weighted by Crippen LogP contribution is -2.48. The van der Waals surface area contributed by atoms with Crippen molar-refractivity contribution in [3.8, 4) is 0 Å². The molecule has 4 amide bonds. The summed E-state index contributed by atoms with van der Waals surface area (Å²) in [6.07, 6.45) is 0.726. The molecule has 0 bridgehead atoms. The molecule has 1 heterocycles. The summed E-state index contributed by atoms with van der Waals surface area (Å²) in [5.41, 5.74) is 2.55. The van der Waals surface area contributed by atoms with E-state index in [-0.39, 0.29) is 19.2 Å². The lowest BCUT2D eigenvalue weighted by molar-refractivity contribution is -0.140. The standard InChI is InChI=1S/C25H29ClN4O5/c1-4-12-30-16(2)21(23(31)35-14-13-34-3)22(29-25(30)33)17-6-5-7-20(15-17)28-24(32)27-19-10-8-18(26)9-11-19/h5-11,15,22H,4,12-14H2,1-3H3,(H,29,33)(H2,27,28,32). The summed E-state index contributed by atoms with van der Waals surface area (Å²) in [5, 5.41) is 8.96. The molecular formula is C25H29ClN4O5. The van der Waals surface area contributed by atoms with Gasteiger partial charge < -0.3 is 25.4 Å². The quantitative estimate of drug-likeness (QED) is 0.334. The molecular weight excluding hydrogens is 472 g/mol. The van der Waals surface area contributed by atoms with Crippen molar-refractivity contribution >= 4 is 41.0 Å². The zero-order chi connectivity index (χ0) is 25.4. The highest BCUT2D eigenvalue weighted by Gasteiger charge is 2.36. The number of urea groups is 2. The van der Waals surface area contributed by atoms with Crippen molar-refractivity contribution in [2.75, 3.05) is 37.5 Å². The van der Waals surface area contributed by atoms with E-state index in [1.54, 1.807) is 55.5 Å². The molecule has 0 fully saturated rings. The van der Waals surface area contributed by atoms with E-state index < -0.39 is 18.0 Å². The van der Waals surface area contributed by atoms with Gasteiger partial charge >= 0.3 is 18.0 Å². The number of amides is 4. The number of esters is 1. The molecule has 0 radical (unpaired) electrons. The van der Waals surface area contributed by atoms with Crippen LogP contribution in [0.15, 0.2) is 59.8 Å². The van der Waals surface area contributed by atoms with Gasteiger partial charge in [0, 0.05) is 35.7 Å². The fourth-order valence-electron chi connectivity index (χ4n) is 3.71. The minimum Gasteiger partial charge on any atom is -0.460 e. The Balaban J connectivity index is 1.84. The van der Waals surface area contributed by atoms with Crippen molar-refractivity contribution in [3.63, 3.8) is 0 Å². The fourth-order valence-corrected chi connectivity index (χ4v) is 3.83. The van der Waals surface area contributed by atoms with E-state index in [0.29, 0.717) is 39.8 Å². The van der Waals surface area contributed by atoms with Crippen LogP contribution in [0.2, 0.25) is 5.02 Å². The monoisotopic (exact) mass is 500 g/mol. The first kappa shape index (κ1) is 26.1. The van der Waals surface area contributed by atoms with Gasteiger partial charge in [0.25, 0.3) is 0 Å². The van der Waals surface area contributed by atoms with Crippen LogP contribution in [0.3, 0.4) is 0 Å². The normalized spacial score (nSPS) is 15.5. The number of nitrogens with zero attached hydrogens (tertiary/aromatic N) is 1. The maximum atomic E-state index is 13.0. The molecule has 0 aliphatic carbocycles. The molecule has 10 heteroatoms. The SMILES string of the molecule is CCCN1C(=O)NC(c2cccc(NC(=O)Nc3ccc(Cl)cc3)c2)C(C(=O)OCCOC)=C1C. The Kier molecular flexibility index (Phi) is 9.11. The number of allylic oxidation sites excluding steroid dienone is 1. The number of halogens is 1. The van der Waals surface area contributed by atoms with Gasteiger partial charge in [-0.05, 0) is 55.3 Å². The molecule has 2 aromatic carbocycles. The summed E-state index contributed by atoms with van der Waals surface area (Å²) < 4.78 is 10.4. The van der Waals surface area contributed by atoms with Crippen LogP contribution >= 0.6 is 11.6 Å². The van der Waals surface area contributed by atoms with Crippen molar-refractivity contribution in [1.29, 1.82) is 0 Å². The molecule has 1 aliphatic heterocycles. The Morgan fingerprint density at radius 3 is 2.49 bits per heavy atom. The van der Waals surface area contributed by atoms with Crippen LogP contribution in [0.4, 0.5) is 21.0 Å². The minimum atomic E-state index is -0.744. The third kappa shape index (κ3) is 6.74. The van der Waals surface area contributed by atoms with E-state index in [1.807, 2.05) is 6.92 Å². The van der Waals surface area contributed by atoms with Crippen molar-refractivity contribution < 1.29 is 23.9 Å². The van der Waals surface area contributed by atoms with Crippen LogP contribution in [0.25, 0.3) is 0 Å². The van der Waals surface area contributed by atoms with Crippen molar-refractivity contribution in [2.45, 2.75) is 26.3 Å². The van der Waals surface area contributed by atoms with Crippen LogP contribution in [0.1, 0.15) is 31.9 Å². The van der Waals surface area contributed by atoms with Gasteiger partial charge in [-0.2, -0.15) is 0 Å². The molecule has 1 aliphatic rings. The summed E-state index contributed by atoms with van der Waals surface area (Å²) in [5.74, 6) is -0.538. The first-order valence-electron chi connectivity index (χ1n) is 11.2. The van der Waals surface area contributed by atoms with E-state index in [2.05, 4.69) is 16.0 Å². The summed E-state index contributed by atoms with van der Waals surface area (Å²) in [6, 6.07) is 12.2. The number of anilines is 2. The number of rotatable bonds is 9. The Morgan fingerprint density at radius 2 is 1.80 bits per heavy atom. The number of hydrogen-bond acceptors (Lipinski definition) is 5. The maximum Gasteiger partial charge on any atom is 0.338 e. The molecule has 2 aromatic rings. The zero-order valence-corrected chi connectivity index (χ0v) is 20.6. The smallest absolute Gasteiger partial charge is 0.338 e. The summed E-state index contributed by atoms with van der Waals surface area (Å²) in [6.45, 7) is 4.50. The summed E-state index contributed by atoms with van der Waals surface area (Å²) in [7, 11) is 1.52. The van der Waals surface area contributed by atoms with Gasteiger partial charge in [-0.1, -0.05) is 30.7 Å². The van der Waals surface area contributed by atoms with E-state index >= 15 is 0 Å². The van der Waals surface area contributed by atoms with E-state index in [9.17, 15) is 14.4 Å². The average molecular weight is 501 g/mol. The summed E-state index contributed by atoms with van der Waals surface area (Å²) in [4.78, 5) is 39.8. The van der Waals surface area contributed by atoms with Crippen LogP contribution in [0.5, 0.6) is 0 Å². The molecule has 3 rings (SSSR count). The Bertz CT molecular complexity index is 1100. The van der Waals surface area contributed by atoms with Crippen LogP contribution < -0.4 is 16.0 Å². The largest absolute Gasteiger partial charge is 0.460 e. The van der Waals surface area contributed by atoms with Gasteiger partial charge in [-0.25, -0.2) is 14.4 Å². The topological polar surface area (TPSA) is 109 Å². The molecule has 0 saturated carbocycles. The zero-order valence-electron chi connectivity index (χ0n) is 19.9. The second kappa shape index (κ2) is 12.2. The Hall–Kier alpha value is -3.56. The Morgan fingerprint density at radius 1 is 1.09 bits per heavy atom. The molecule has 0 saturated heterocycles. The van der Waals surface area contributed by atoms with Gasteiger partial charge in [-0.3, -0.25) is 4.90 Å². The minimum absolute atomic E-state index is 0.0903. The Labute approximate surface area is 209 Å². The van der Waals surface area contributed by atoms with Crippen molar-refractivity contribution in [3.05, 3.63) is 70.4 Å². The number of hydrogen-bond donors (Lipinski definition) is 3. The average Bonchev–Trinajstić information content (AvgIpc) is 2.83. The lowest BCUT2D eigenvalue weighted by atomic mass is 9.94. The first-order valence-corrected chi connectivity index (χ1v) is 11.6. The molecule has 1 unspecified atom stereocenters. The summed E-state index contributed by atoms with van der Waals surface area (Å²) >= 11 is 5.88. The van der Waals surface area contributed by atoms with Gasteiger partial charge in [0.05, 0.1) is 18.2 Å². The third-order valence-corrected chi connectivity index (χ3v) is 5.62. The number of methoxy groups -OCH3 is 1. The van der Waals surface area contributed by atoms with Crippen molar-refractivity contribution in [1.82, 2.24) is 10.2 Å². The predicted molar refractivity (Wildman–Crippen MR) is 134 cm³/mol. The number of benzene rings is 2. The predicted octanol–water partition coefficient (Wildman–Crippen LogP) is 4.92. The van der Waals surface area contributed by atoms with Gasteiger partial charge in [0.1, 0.15) is 6.61 Å². The third-order valence-electron chi connectivity index (χ3n) is 5.36. The molecule has 0 aromatic heterocycles. The van der Waals surface area contributed by atoms with E-state index in [4.69, 9.17) is 21.1 Å². The van der Waals surface area contributed by atoms with Gasteiger partial charge in [0.2, 0.25) is 0 Å². The van der Waals surface area contributed by atoms with E-state index in [0.717, 1.165) is 6.42 Å². The highest BCUT2D eigenvalue weighted by atomic mass is 35.5.